The van der Waals surface area contributed by atoms with Crippen LogP contribution < -0.4 is 0 Å². The molecule has 146 valence electrons. The fourth-order valence-corrected chi connectivity index (χ4v) is 3.77. The van der Waals surface area contributed by atoms with Crippen molar-refractivity contribution in [3.63, 3.8) is 0 Å². The third-order valence-corrected chi connectivity index (χ3v) is 5.49. The number of piperidine rings is 1. The highest BCUT2D eigenvalue weighted by Crippen LogP contribution is 2.26. The largest absolute Gasteiger partial charge is 0.392 e. The molecule has 1 fully saturated rings. The van der Waals surface area contributed by atoms with E-state index in [-0.39, 0.29) is 11.5 Å². The zero-order chi connectivity index (χ0) is 19.6. The maximum Gasteiger partial charge on any atom is 0.199 e. The number of rotatable bonds is 5. The van der Waals surface area contributed by atoms with Crippen molar-refractivity contribution in [2.75, 3.05) is 13.1 Å². The second kappa shape index (κ2) is 8.09. The summed E-state index contributed by atoms with van der Waals surface area (Å²) in [7, 11) is 0. The van der Waals surface area contributed by atoms with Crippen molar-refractivity contribution in [3.05, 3.63) is 47.3 Å². The highest BCUT2D eigenvalue weighted by Gasteiger charge is 2.20. The van der Waals surface area contributed by atoms with E-state index >= 15 is 0 Å². The molecule has 0 aliphatic carbocycles. The number of allylic oxidation sites excluding steroid dienone is 1. The second-order valence-electron chi connectivity index (χ2n) is 8.35. The topological polar surface area (TPSA) is 46.2 Å². The third kappa shape index (κ3) is 4.57. The Morgan fingerprint density at radius 2 is 2.00 bits per heavy atom. The van der Waals surface area contributed by atoms with Crippen LogP contribution in [0.15, 0.2) is 36.9 Å². The van der Waals surface area contributed by atoms with E-state index < -0.39 is 0 Å². The van der Waals surface area contributed by atoms with Gasteiger partial charge in [0.25, 0.3) is 0 Å². The van der Waals surface area contributed by atoms with Crippen molar-refractivity contribution in [1.29, 1.82) is 0 Å². The van der Waals surface area contributed by atoms with E-state index in [4.69, 9.17) is 17.3 Å². The van der Waals surface area contributed by atoms with Crippen LogP contribution in [0.4, 0.5) is 0 Å². The second-order valence-corrected chi connectivity index (χ2v) is 8.71. The summed E-state index contributed by atoms with van der Waals surface area (Å²) < 4.78 is 4.57. The Bertz CT molecular complexity index is 845. The zero-order valence-electron chi connectivity index (χ0n) is 16.6. The molecule has 0 saturated carbocycles. The summed E-state index contributed by atoms with van der Waals surface area (Å²) in [6.45, 7) is 13.4. The number of aliphatic hydroxyl groups excluding tert-OH is 1. The van der Waals surface area contributed by atoms with Crippen molar-refractivity contribution in [2.24, 2.45) is 0 Å². The van der Waals surface area contributed by atoms with Gasteiger partial charge >= 0.3 is 0 Å². The molecule has 1 aromatic carbocycles. The first kappa shape index (κ1) is 20.0. The van der Waals surface area contributed by atoms with Gasteiger partial charge in [-0.05, 0) is 36.0 Å². The molecule has 0 bridgehead atoms. The zero-order valence-corrected chi connectivity index (χ0v) is 17.4. The molecule has 1 aromatic heterocycles. The summed E-state index contributed by atoms with van der Waals surface area (Å²) in [6.07, 6.45) is 3.47. The van der Waals surface area contributed by atoms with Crippen LogP contribution in [-0.2, 0) is 18.6 Å². The molecular formula is C21H30N4OS. The predicted molar refractivity (Wildman–Crippen MR) is 112 cm³/mol. The summed E-state index contributed by atoms with van der Waals surface area (Å²) in [4.78, 5) is 2.21. The summed E-state index contributed by atoms with van der Waals surface area (Å²) in [5.74, 6) is 0.859. The standard InChI is InChI=1S/C21H30N4OS/c1-5-12-24-19(16-8-10-17(11-9-16)21(2,3)4)22-25(20(24)27)15-23-13-6-7-18(26)14-23/h5,8-11,18,26H,1,6-7,12-15H2,2-4H3/t18-/m1/s1. The van der Waals surface area contributed by atoms with Crippen molar-refractivity contribution < 1.29 is 5.11 Å². The van der Waals surface area contributed by atoms with Crippen LogP contribution in [0.1, 0.15) is 39.2 Å². The molecule has 27 heavy (non-hydrogen) atoms. The first-order valence-corrected chi connectivity index (χ1v) is 10.0. The molecule has 5 nitrogen and oxygen atoms in total. The fourth-order valence-electron chi connectivity index (χ4n) is 3.51. The molecule has 0 amide bonds. The minimum Gasteiger partial charge on any atom is -0.392 e. The van der Waals surface area contributed by atoms with Crippen LogP contribution in [0.3, 0.4) is 0 Å². The van der Waals surface area contributed by atoms with Crippen LogP contribution in [0, 0.1) is 4.77 Å². The Balaban J connectivity index is 1.92. The molecule has 1 saturated heterocycles. The van der Waals surface area contributed by atoms with E-state index in [9.17, 15) is 5.11 Å². The number of aliphatic hydroxyl groups is 1. The summed E-state index contributed by atoms with van der Waals surface area (Å²) in [6, 6.07) is 8.56. The Morgan fingerprint density at radius 1 is 1.30 bits per heavy atom. The van der Waals surface area contributed by atoms with Gasteiger partial charge in [-0.2, -0.15) is 5.10 Å². The molecule has 1 atom stereocenters. The van der Waals surface area contributed by atoms with E-state index in [1.54, 1.807) is 0 Å². The van der Waals surface area contributed by atoms with E-state index in [1.807, 2.05) is 15.3 Å². The van der Waals surface area contributed by atoms with Crippen LogP contribution in [0.2, 0.25) is 0 Å². The molecule has 2 heterocycles. The van der Waals surface area contributed by atoms with Gasteiger partial charge in [0.2, 0.25) is 0 Å². The SMILES string of the molecule is C=CCn1c(-c2ccc(C(C)(C)C)cc2)nn(CN2CCC[C@@H](O)C2)c1=S. The van der Waals surface area contributed by atoms with Gasteiger partial charge in [0, 0.05) is 25.2 Å². The van der Waals surface area contributed by atoms with Crippen molar-refractivity contribution in [3.8, 4) is 11.4 Å². The highest BCUT2D eigenvalue weighted by atomic mass is 32.1. The first-order chi connectivity index (χ1) is 12.8. The summed E-state index contributed by atoms with van der Waals surface area (Å²) in [5.41, 5.74) is 2.46. The molecule has 1 N–H and O–H groups in total. The first-order valence-electron chi connectivity index (χ1n) is 9.59. The third-order valence-electron chi connectivity index (χ3n) is 5.06. The smallest absolute Gasteiger partial charge is 0.199 e. The van der Waals surface area contributed by atoms with Gasteiger partial charge in [0.15, 0.2) is 10.6 Å². The van der Waals surface area contributed by atoms with Crippen molar-refractivity contribution in [1.82, 2.24) is 19.2 Å². The van der Waals surface area contributed by atoms with Gasteiger partial charge in [0.05, 0.1) is 12.8 Å². The van der Waals surface area contributed by atoms with Crippen LogP contribution in [0.5, 0.6) is 0 Å². The fraction of sp³-hybridized carbons (Fsp3) is 0.524. The van der Waals surface area contributed by atoms with Crippen LogP contribution in [0.25, 0.3) is 11.4 Å². The number of benzene rings is 1. The Morgan fingerprint density at radius 3 is 2.59 bits per heavy atom. The van der Waals surface area contributed by atoms with Gasteiger partial charge in [-0.15, -0.1) is 6.58 Å². The number of nitrogens with zero attached hydrogens (tertiary/aromatic N) is 4. The lowest BCUT2D eigenvalue weighted by atomic mass is 9.87. The quantitative estimate of drug-likeness (QED) is 0.624. The van der Waals surface area contributed by atoms with Crippen LogP contribution >= 0.6 is 12.2 Å². The lowest BCUT2D eigenvalue weighted by Crippen LogP contribution is -2.39. The van der Waals surface area contributed by atoms with Gasteiger partial charge in [-0.1, -0.05) is 51.1 Å². The average Bonchev–Trinajstić information content (AvgIpc) is 2.91. The van der Waals surface area contributed by atoms with Gasteiger partial charge in [-0.3, -0.25) is 9.47 Å². The molecule has 2 aromatic rings. The van der Waals surface area contributed by atoms with Crippen molar-refractivity contribution >= 4 is 12.2 Å². The van der Waals surface area contributed by atoms with E-state index in [0.717, 1.165) is 30.8 Å². The highest BCUT2D eigenvalue weighted by molar-refractivity contribution is 7.71. The molecule has 0 radical (unpaired) electrons. The number of β-amino-alcohol motifs (C(OH)–C–C–N with tert-alkyl or cyclic N) is 1. The molecule has 6 heteroatoms. The minimum atomic E-state index is -0.257. The minimum absolute atomic E-state index is 0.118. The van der Waals surface area contributed by atoms with E-state index in [2.05, 4.69) is 56.5 Å². The van der Waals surface area contributed by atoms with Crippen LogP contribution in [-0.4, -0.2) is 43.5 Å². The van der Waals surface area contributed by atoms with Gasteiger partial charge < -0.3 is 5.11 Å². The molecule has 1 aliphatic heterocycles. The van der Waals surface area contributed by atoms with Gasteiger partial charge in [0.1, 0.15) is 0 Å². The predicted octanol–water partition coefficient (Wildman–Crippen LogP) is 3.98. The maximum atomic E-state index is 9.92. The Kier molecular flexibility index (Phi) is 5.99. The van der Waals surface area contributed by atoms with Crippen molar-refractivity contribution in [2.45, 2.75) is 58.3 Å². The Labute approximate surface area is 166 Å². The number of hydrogen-bond acceptors (Lipinski definition) is 4. The number of likely N-dealkylation sites (tertiary alicyclic amines) is 1. The van der Waals surface area contributed by atoms with Gasteiger partial charge in [-0.25, -0.2) is 4.68 Å². The average molecular weight is 387 g/mol. The normalized spacial score (nSPS) is 18.6. The summed E-state index contributed by atoms with van der Waals surface area (Å²) in [5, 5.41) is 14.7. The molecule has 0 spiro atoms. The number of aromatic nitrogens is 3. The molecule has 0 unspecified atom stereocenters. The molecule has 1 aliphatic rings. The van der Waals surface area contributed by atoms with E-state index in [0.29, 0.717) is 24.5 Å². The Hall–Kier alpha value is -1.76. The molecular weight excluding hydrogens is 356 g/mol. The maximum absolute atomic E-state index is 9.92. The number of hydrogen-bond donors (Lipinski definition) is 1. The molecule has 3 rings (SSSR count). The lowest BCUT2D eigenvalue weighted by Gasteiger charge is -2.29. The monoisotopic (exact) mass is 386 g/mol. The van der Waals surface area contributed by atoms with E-state index in [1.165, 1.54) is 5.56 Å². The summed E-state index contributed by atoms with van der Waals surface area (Å²) >= 11 is 5.69. The lowest BCUT2D eigenvalue weighted by molar-refractivity contribution is 0.0513.